The second-order valence-corrected chi connectivity index (χ2v) is 3.78. The maximum atomic E-state index is 11.3. The highest BCUT2D eigenvalue weighted by molar-refractivity contribution is 5.85. The second-order valence-electron chi connectivity index (χ2n) is 3.78. The number of likely N-dealkylation sites (N-methyl/N-ethyl adjacent to an activating group) is 1. The number of carbonyl (C=O) groups excluding carboxylic acids is 1. The predicted molar refractivity (Wildman–Crippen MR) is 64.0 cm³/mol. The fourth-order valence-electron chi connectivity index (χ4n) is 1.82. The van der Waals surface area contributed by atoms with Crippen LogP contribution in [-0.2, 0) is 11.2 Å². The number of fused-ring (bicyclic) bond motifs is 1. The number of hydrogen-bond acceptors (Lipinski definition) is 2. The van der Waals surface area contributed by atoms with Gasteiger partial charge in [-0.1, -0.05) is 18.2 Å². The van der Waals surface area contributed by atoms with Gasteiger partial charge in [-0.15, -0.1) is 0 Å². The number of amides is 1. The molecule has 84 valence electrons. The van der Waals surface area contributed by atoms with Crippen LogP contribution in [0.5, 0.6) is 0 Å². The molecule has 1 atom stereocenters. The van der Waals surface area contributed by atoms with Gasteiger partial charge in [0, 0.05) is 24.1 Å². The van der Waals surface area contributed by atoms with Gasteiger partial charge < -0.3 is 16.0 Å². The third-order valence-corrected chi connectivity index (χ3v) is 2.70. The van der Waals surface area contributed by atoms with Crippen LogP contribution in [-0.4, -0.2) is 24.0 Å². The van der Waals surface area contributed by atoms with E-state index in [0.29, 0.717) is 6.42 Å². The zero-order valence-corrected chi connectivity index (χ0v) is 9.16. The van der Waals surface area contributed by atoms with Gasteiger partial charge in [-0.25, -0.2) is 0 Å². The first-order chi connectivity index (χ1) is 7.72. The summed E-state index contributed by atoms with van der Waals surface area (Å²) in [4.78, 5) is 14.5. The van der Waals surface area contributed by atoms with E-state index in [-0.39, 0.29) is 5.91 Å². The maximum Gasteiger partial charge on any atom is 0.237 e. The summed E-state index contributed by atoms with van der Waals surface area (Å²) in [5.74, 6) is -0.134. The lowest BCUT2D eigenvalue weighted by atomic mass is 10.1. The highest BCUT2D eigenvalue weighted by Gasteiger charge is 2.14. The number of nitrogens with one attached hydrogen (secondary N) is 2. The summed E-state index contributed by atoms with van der Waals surface area (Å²) in [5.41, 5.74) is 7.93. The molecule has 0 saturated heterocycles. The first-order valence-electron chi connectivity index (χ1n) is 5.24. The van der Waals surface area contributed by atoms with Crippen molar-refractivity contribution in [3.05, 3.63) is 36.0 Å². The number of benzene rings is 1. The molecule has 1 heterocycles. The Morgan fingerprint density at radius 3 is 3.00 bits per heavy atom. The van der Waals surface area contributed by atoms with E-state index in [1.54, 1.807) is 7.05 Å². The molecule has 4 nitrogen and oxygen atoms in total. The monoisotopic (exact) mass is 217 g/mol. The Balaban J connectivity index is 2.24. The maximum absolute atomic E-state index is 11.3. The minimum Gasteiger partial charge on any atom is -0.361 e. The summed E-state index contributed by atoms with van der Waals surface area (Å²) in [5, 5.41) is 3.68. The van der Waals surface area contributed by atoms with E-state index in [9.17, 15) is 4.79 Å². The predicted octanol–water partition coefficient (Wildman–Crippen LogP) is 0.784. The van der Waals surface area contributed by atoms with E-state index in [0.717, 1.165) is 16.5 Å². The quantitative estimate of drug-likeness (QED) is 0.711. The zero-order valence-electron chi connectivity index (χ0n) is 9.16. The summed E-state index contributed by atoms with van der Waals surface area (Å²) in [6, 6.07) is 7.48. The number of aromatic amines is 1. The molecule has 0 aliphatic heterocycles. The van der Waals surface area contributed by atoms with Gasteiger partial charge in [-0.2, -0.15) is 0 Å². The minimum absolute atomic E-state index is 0.134. The molecular formula is C12H15N3O. The lowest BCUT2D eigenvalue weighted by Crippen LogP contribution is -2.40. The largest absolute Gasteiger partial charge is 0.361 e. The second kappa shape index (κ2) is 4.37. The summed E-state index contributed by atoms with van der Waals surface area (Å²) >= 11 is 0. The van der Waals surface area contributed by atoms with Crippen molar-refractivity contribution in [2.75, 3.05) is 7.05 Å². The molecule has 0 radical (unpaired) electrons. The topological polar surface area (TPSA) is 70.9 Å². The molecule has 1 amide bonds. The van der Waals surface area contributed by atoms with Crippen LogP contribution in [0.25, 0.3) is 10.9 Å². The van der Waals surface area contributed by atoms with E-state index in [1.165, 1.54) is 0 Å². The number of aromatic nitrogens is 1. The van der Waals surface area contributed by atoms with Crippen molar-refractivity contribution in [1.82, 2.24) is 10.3 Å². The zero-order chi connectivity index (χ0) is 11.5. The fourth-order valence-corrected chi connectivity index (χ4v) is 1.82. The van der Waals surface area contributed by atoms with Crippen molar-refractivity contribution in [2.45, 2.75) is 12.5 Å². The van der Waals surface area contributed by atoms with E-state index in [1.807, 2.05) is 30.5 Å². The third-order valence-electron chi connectivity index (χ3n) is 2.70. The fraction of sp³-hybridized carbons (Fsp3) is 0.250. The van der Waals surface area contributed by atoms with E-state index < -0.39 is 6.04 Å². The summed E-state index contributed by atoms with van der Waals surface area (Å²) in [7, 11) is 1.59. The Bertz CT molecular complexity index is 504. The number of para-hydroxylation sites is 1. The molecule has 0 fully saturated rings. The highest BCUT2D eigenvalue weighted by atomic mass is 16.2. The number of rotatable bonds is 3. The molecule has 16 heavy (non-hydrogen) atoms. The summed E-state index contributed by atoms with van der Waals surface area (Å²) < 4.78 is 0. The molecule has 2 rings (SSSR count). The van der Waals surface area contributed by atoms with Crippen LogP contribution in [0.3, 0.4) is 0 Å². The third kappa shape index (κ3) is 1.92. The molecule has 0 unspecified atom stereocenters. The summed E-state index contributed by atoms with van der Waals surface area (Å²) in [6.45, 7) is 0. The molecular weight excluding hydrogens is 202 g/mol. The lowest BCUT2D eigenvalue weighted by molar-refractivity contribution is -0.121. The molecule has 1 aromatic carbocycles. The number of carbonyl (C=O) groups is 1. The Morgan fingerprint density at radius 2 is 2.25 bits per heavy atom. The Kier molecular flexibility index (Phi) is 2.92. The normalized spacial score (nSPS) is 12.6. The molecule has 4 N–H and O–H groups in total. The molecule has 0 spiro atoms. The number of H-pyrrole nitrogens is 1. The van der Waals surface area contributed by atoms with Gasteiger partial charge in [0.15, 0.2) is 0 Å². The molecule has 1 aromatic heterocycles. The van der Waals surface area contributed by atoms with Gasteiger partial charge >= 0.3 is 0 Å². The van der Waals surface area contributed by atoms with E-state index >= 15 is 0 Å². The van der Waals surface area contributed by atoms with Crippen molar-refractivity contribution < 1.29 is 4.79 Å². The van der Waals surface area contributed by atoms with E-state index in [2.05, 4.69) is 10.3 Å². The van der Waals surface area contributed by atoms with Crippen LogP contribution in [0, 0.1) is 0 Å². The summed E-state index contributed by atoms with van der Waals surface area (Å²) in [6.07, 6.45) is 2.46. The van der Waals surface area contributed by atoms with Gasteiger partial charge in [-0.3, -0.25) is 4.79 Å². The first-order valence-corrected chi connectivity index (χ1v) is 5.24. The van der Waals surface area contributed by atoms with Crippen LogP contribution >= 0.6 is 0 Å². The van der Waals surface area contributed by atoms with Gasteiger partial charge in [0.2, 0.25) is 5.91 Å². The number of hydrogen-bond donors (Lipinski definition) is 3. The van der Waals surface area contributed by atoms with Crippen molar-refractivity contribution in [2.24, 2.45) is 5.73 Å². The minimum atomic E-state index is -0.496. The highest BCUT2D eigenvalue weighted by Crippen LogP contribution is 2.18. The smallest absolute Gasteiger partial charge is 0.237 e. The molecule has 4 heteroatoms. The first kappa shape index (κ1) is 10.7. The van der Waals surface area contributed by atoms with Crippen LogP contribution < -0.4 is 11.1 Å². The van der Waals surface area contributed by atoms with Crippen LogP contribution in [0.4, 0.5) is 0 Å². The molecule has 0 saturated carbocycles. The molecule has 2 aromatic rings. The van der Waals surface area contributed by atoms with Crippen LogP contribution in [0.2, 0.25) is 0 Å². The number of nitrogens with two attached hydrogens (primary N) is 1. The van der Waals surface area contributed by atoms with Crippen molar-refractivity contribution in [3.8, 4) is 0 Å². The molecule has 0 aliphatic rings. The van der Waals surface area contributed by atoms with Crippen molar-refractivity contribution in [1.29, 1.82) is 0 Å². The van der Waals surface area contributed by atoms with Crippen molar-refractivity contribution in [3.63, 3.8) is 0 Å². The Morgan fingerprint density at radius 1 is 1.50 bits per heavy atom. The Hall–Kier alpha value is -1.81. The Labute approximate surface area is 93.8 Å². The SMILES string of the molecule is CNC(=O)[C@H](N)Cc1c[nH]c2ccccc12. The van der Waals surface area contributed by atoms with Gasteiger partial charge in [0.25, 0.3) is 0 Å². The average Bonchev–Trinajstić information content (AvgIpc) is 2.72. The molecule has 0 aliphatic carbocycles. The molecule has 0 bridgehead atoms. The van der Waals surface area contributed by atoms with Gasteiger partial charge in [-0.05, 0) is 18.1 Å². The average molecular weight is 217 g/mol. The standard InChI is InChI=1S/C12H15N3O/c1-14-12(16)10(13)6-8-7-15-11-5-3-2-4-9(8)11/h2-5,7,10,15H,6,13H2,1H3,(H,14,16)/t10-/m1/s1. The van der Waals surface area contributed by atoms with Crippen LogP contribution in [0.1, 0.15) is 5.56 Å². The van der Waals surface area contributed by atoms with Crippen LogP contribution in [0.15, 0.2) is 30.5 Å². The van der Waals surface area contributed by atoms with Gasteiger partial charge in [0.1, 0.15) is 0 Å². The van der Waals surface area contributed by atoms with Gasteiger partial charge in [0.05, 0.1) is 6.04 Å². The van der Waals surface area contributed by atoms with Crippen molar-refractivity contribution >= 4 is 16.8 Å². The lowest BCUT2D eigenvalue weighted by Gasteiger charge is -2.08. The van der Waals surface area contributed by atoms with E-state index in [4.69, 9.17) is 5.73 Å².